The summed E-state index contributed by atoms with van der Waals surface area (Å²) in [5.74, 6) is 0.529. The molecule has 0 N–H and O–H groups in total. The van der Waals surface area contributed by atoms with Gasteiger partial charge in [-0.15, -0.1) is 0 Å². The average Bonchev–Trinajstić information content (AvgIpc) is 2.05. The fourth-order valence-corrected chi connectivity index (χ4v) is 0.870. The van der Waals surface area contributed by atoms with Crippen molar-refractivity contribution in [3.63, 3.8) is 0 Å². The van der Waals surface area contributed by atoms with E-state index in [1.807, 2.05) is 18.2 Å². The predicted molar refractivity (Wildman–Crippen MR) is 43.7 cm³/mol. The molecule has 1 unspecified atom stereocenters. The first kappa shape index (κ1) is 10.9. The van der Waals surface area contributed by atoms with E-state index < -0.39 is 0 Å². The molecule has 0 fully saturated rings. The van der Waals surface area contributed by atoms with Gasteiger partial charge < -0.3 is 6.42 Å². The van der Waals surface area contributed by atoms with E-state index in [0.29, 0.717) is 5.92 Å². The molecule has 1 atom stereocenters. The second kappa shape index (κ2) is 5.54. The van der Waals surface area contributed by atoms with Gasteiger partial charge >= 0.3 is 21.1 Å². The van der Waals surface area contributed by atoms with Crippen LogP contribution in [0.1, 0.15) is 25.3 Å². The smallest absolute Gasteiger partial charge is 0.326 e. The van der Waals surface area contributed by atoms with Crippen LogP contribution in [0.25, 0.3) is 0 Å². The van der Waals surface area contributed by atoms with Gasteiger partial charge in [-0.05, 0) is 0 Å². The molecule has 1 aromatic carbocycles. The molecule has 0 radical (unpaired) electrons. The third-order valence-electron chi connectivity index (χ3n) is 1.72. The van der Waals surface area contributed by atoms with Gasteiger partial charge in [0, 0.05) is 0 Å². The van der Waals surface area contributed by atoms with E-state index in [1.54, 1.807) is 0 Å². The molecule has 0 aliphatic rings. The molecule has 1 rings (SSSR count). The van der Waals surface area contributed by atoms with Gasteiger partial charge in [0.15, 0.2) is 0 Å². The molecule has 58 valence electrons. The fraction of sp³-hybridized carbons (Fsp3) is 0.300. The van der Waals surface area contributed by atoms with Gasteiger partial charge in [-0.2, -0.15) is 48.7 Å². The van der Waals surface area contributed by atoms with Crippen molar-refractivity contribution in [2.75, 3.05) is 0 Å². The standard InChI is InChI=1S/C10H12.W/c1-3-9(2)10-7-5-4-6-8-10;/h3-7,9H,1-2H3;/q-2;+2. The molecular formula is C10H12W. The zero-order valence-electron chi connectivity index (χ0n) is 6.87. The van der Waals surface area contributed by atoms with Crippen LogP contribution in [0.15, 0.2) is 24.3 Å². The Bertz CT molecular complexity index is 181. The van der Waals surface area contributed by atoms with E-state index >= 15 is 0 Å². The normalized spacial score (nSPS) is 11.8. The van der Waals surface area contributed by atoms with Crippen LogP contribution in [0.5, 0.6) is 0 Å². The SMILES string of the molecule is C[CH-]C(C)c1[c-]cccc1.[W+2]. The first-order valence-corrected chi connectivity index (χ1v) is 3.60. The zero-order valence-corrected chi connectivity index (χ0v) is 9.81. The first-order valence-electron chi connectivity index (χ1n) is 3.60. The molecule has 1 aromatic rings. The maximum absolute atomic E-state index is 3.19. The van der Waals surface area contributed by atoms with Crippen molar-refractivity contribution in [1.29, 1.82) is 0 Å². The van der Waals surface area contributed by atoms with Gasteiger partial charge in [-0.1, -0.05) is 6.92 Å². The number of benzene rings is 1. The van der Waals surface area contributed by atoms with Crippen molar-refractivity contribution in [2.24, 2.45) is 0 Å². The molecule has 1 heteroatoms. The van der Waals surface area contributed by atoms with E-state index in [9.17, 15) is 0 Å². The van der Waals surface area contributed by atoms with Gasteiger partial charge in [0.1, 0.15) is 0 Å². The van der Waals surface area contributed by atoms with E-state index in [2.05, 4.69) is 32.4 Å². The first-order chi connectivity index (χ1) is 4.84. The molecule has 0 amide bonds. The number of rotatable bonds is 2. The van der Waals surface area contributed by atoms with Crippen molar-refractivity contribution >= 4 is 0 Å². The summed E-state index contributed by atoms with van der Waals surface area (Å²) in [5, 5.41) is 0. The topological polar surface area (TPSA) is 0 Å². The summed E-state index contributed by atoms with van der Waals surface area (Å²) >= 11 is 0. The van der Waals surface area contributed by atoms with Crippen molar-refractivity contribution in [2.45, 2.75) is 19.8 Å². The Labute approximate surface area is 83.3 Å². The van der Waals surface area contributed by atoms with E-state index in [1.165, 1.54) is 5.56 Å². The largest absolute Gasteiger partial charge is 2.00 e. The van der Waals surface area contributed by atoms with Crippen LogP contribution in [-0.4, -0.2) is 0 Å². The molecule has 0 aliphatic carbocycles. The third kappa shape index (κ3) is 3.20. The monoisotopic (exact) mass is 316 g/mol. The van der Waals surface area contributed by atoms with Gasteiger partial charge in [0.2, 0.25) is 0 Å². The fourth-order valence-electron chi connectivity index (χ4n) is 0.870. The summed E-state index contributed by atoms with van der Waals surface area (Å²) in [7, 11) is 0. The van der Waals surface area contributed by atoms with Crippen LogP contribution in [0.2, 0.25) is 0 Å². The molecule has 0 aromatic heterocycles. The van der Waals surface area contributed by atoms with Crippen molar-refractivity contribution in [1.82, 2.24) is 0 Å². The Kier molecular flexibility index (Phi) is 5.50. The average molecular weight is 316 g/mol. The zero-order chi connectivity index (χ0) is 7.40. The Morgan fingerprint density at radius 2 is 2.18 bits per heavy atom. The molecule has 0 nitrogen and oxygen atoms in total. The molecule has 0 saturated heterocycles. The van der Waals surface area contributed by atoms with Crippen molar-refractivity contribution < 1.29 is 21.1 Å². The van der Waals surface area contributed by atoms with E-state index in [4.69, 9.17) is 0 Å². The number of hydrogen-bond acceptors (Lipinski definition) is 0. The van der Waals surface area contributed by atoms with Gasteiger partial charge in [0.25, 0.3) is 0 Å². The molecule has 0 spiro atoms. The van der Waals surface area contributed by atoms with Crippen LogP contribution >= 0.6 is 0 Å². The quantitative estimate of drug-likeness (QED) is 0.736. The summed E-state index contributed by atoms with van der Waals surface area (Å²) in [6.07, 6.45) is 2.17. The van der Waals surface area contributed by atoms with Crippen LogP contribution < -0.4 is 0 Å². The van der Waals surface area contributed by atoms with Crippen LogP contribution in [0, 0.1) is 12.5 Å². The van der Waals surface area contributed by atoms with E-state index in [-0.39, 0.29) is 21.1 Å². The van der Waals surface area contributed by atoms with Gasteiger partial charge in [-0.25, -0.2) is 0 Å². The van der Waals surface area contributed by atoms with E-state index in [0.717, 1.165) is 0 Å². The maximum atomic E-state index is 3.19. The number of hydrogen-bond donors (Lipinski definition) is 0. The molecular weight excluding hydrogens is 304 g/mol. The summed E-state index contributed by atoms with van der Waals surface area (Å²) in [6.45, 7) is 4.25. The summed E-state index contributed by atoms with van der Waals surface area (Å²) in [6, 6.07) is 11.3. The molecule has 0 heterocycles. The summed E-state index contributed by atoms with van der Waals surface area (Å²) in [4.78, 5) is 0. The molecule has 0 bridgehead atoms. The minimum Gasteiger partial charge on any atom is -0.326 e. The molecule has 11 heavy (non-hydrogen) atoms. The van der Waals surface area contributed by atoms with Crippen LogP contribution in [-0.2, 0) is 21.1 Å². The predicted octanol–water partition coefficient (Wildman–Crippen LogP) is 2.81. The third-order valence-corrected chi connectivity index (χ3v) is 1.72. The molecule has 0 aliphatic heterocycles. The minimum atomic E-state index is 0. The maximum Gasteiger partial charge on any atom is 2.00 e. The Hall–Kier alpha value is -0.0917. The Morgan fingerprint density at radius 3 is 2.64 bits per heavy atom. The second-order valence-electron chi connectivity index (χ2n) is 2.44. The molecule has 0 saturated carbocycles. The second-order valence-corrected chi connectivity index (χ2v) is 2.44. The summed E-state index contributed by atoms with van der Waals surface area (Å²) < 4.78 is 0. The summed E-state index contributed by atoms with van der Waals surface area (Å²) in [5.41, 5.74) is 1.27. The van der Waals surface area contributed by atoms with Crippen LogP contribution in [0.4, 0.5) is 0 Å². The minimum absolute atomic E-state index is 0. The van der Waals surface area contributed by atoms with Crippen LogP contribution in [0.3, 0.4) is 0 Å². The van der Waals surface area contributed by atoms with Crippen molar-refractivity contribution in [3.05, 3.63) is 42.3 Å². The Morgan fingerprint density at radius 1 is 1.45 bits per heavy atom. The van der Waals surface area contributed by atoms with Crippen molar-refractivity contribution in [3.8, 4) is 0 Å². The Balaban J connectivity index is 0.000001000. The van der Waals surface area contributed by atoms with Gasteiger partial charge in [-0.3, -0.25) is 0 Å². The van der Waals surface area contributed by atoms with Gasteiger partial charge in [0.05, 0.1) is 0 Å².